The number of amides is 2. The summed E-state index contributed by atoms with van der Waals surface area (Å²) in [6.45, 7) is 7.30. The van der Waals surface area contributed by atoms with Gasteiger partial charge in [0.05, 0.1) is 17.8 Å². The Bertz CT molecular complexity index is 1710. The third-order valence-electron chi connectivity index (χ3n) is 11.6. The van der Waals surface area contributed by atoms with Crippen molar-refractivity contribution in [3.63, 3.8) is 0 Å². The van der Waals surface area contributed by atoms with E-state index in [2.05, 4.69) is 86.0 Å². The molecule has 3 aromatic rings. The molecular formula is C38H48ClN7O3. The van der Waals surface area contributed by atoms with E-state index < -0.39 is 0 Å². The summed E-state index contributed by atoms with van der Waals surface area (Å²) in [6.07, 6.45) is 8.55. The fraction of sp³-hybridized carbons (Fsp3) is 0.526. The van der Waals surface area contributed by atoms with Crippen LogP contribution < -0.4 is 21.1 Å². The molecule has 2 aromatic carbocycles. The average molecular weight is 686 g/mol. The van der Waals surface area contributed by atoms with Crippen molar-refractivity contribution in [1.82, 2.24) is 24.9 Å². The van der Waals surface area contributed by atoms with Crippen LogP contribution in [0.1, 0.15) is 73.5 Å². The van der Waals surface area contributed by atoms with E-state index in [0.717, 1.165) is 57.8 Å². The van der Waals surface area contributed by atoms with Crippen molar-refractivity contribution in [2.24, 2.45) is 12.5 Å². The summed E-state index contributed by atoms with van der Waals surface area (Å²) in [5.41, 5.74) is 5.69. The quantitative estimate of drug-likeness (QED) is 0.344. The monoisotopic (exact) mass is 685 g/mol. The minimum atomic E-state index is -0.287. The lowest BCUT2D eigenvalue weighted by molar-refractivity contribution is -0.134. The van der Waals surface area contributed by atoms with Crippen LogP contribution in [-0.4, -0.2) is 83.8 Å². The molecule has 1 unspecified atom stereocenters. The molecule has 11 heteroatoms. The number of likely N-dealkylation sites (tertiary alicyclic amines) is 2. The maximum Gasteiger partial charge on any atom is 0.287 e. The number of nitrogens with one attached hydrogen (secondary N) is 2. The molecule has 1 aromatic heterocycles. The van der Waals surface area contributed by atoms with Gasteiger partial charge in [-0.05, 0) is 98.8 Å². The minimum absolute atomic E-state index is 0.169. The van der Waals surface area contributed by atoms with Gasteiger partial charge in [-0.25, -0.2) is 4.68 Å². The largest absolute Gasteiger partial charge is 0.378 e. The SMILES string of the molecule is CN1C[C@@H](Nc2cnn(C)c(=O)c2Cl)C[C@@H](c2ccc(CN3CCC4(CC3)CCN(c3ccc(C5CCC(=O)NC5=O)cc3)CC4)cc2)C1. The predicted octanol–water partition coefficient (Wildman–Crippen LogP) is 4.74. The number of hydrogen-bond donors (Lipinski definition) is 2. The highest BCUT2D eigenvalue weighted by molar-refractivity contribution is 6.32. The van der Waals surface area contributed by atoms with Gasteiger partial charge in [0.2, 0.25) is 11.8 Å². The molecule has 4 saturated heterocycles. The molecule has 4 fully saturated rings. The second-order valence-electron chi connectivity index (χ2n) is 14.9. The van der Waals surface area contributed by atoms with Gasteiger partial charge in [0.1, 0.15) is 5.02 Å². The third kappa shape index (κ3) is 7.56. The number of imide groups is 1. The first-order valence-corrected chi connectivity index (χ1v) is 18.2. The molecule has 4 aliphatic rings. The molecular weight excluding hydrogens is 638 g/mol. The highest BCUT2D eigenvalue weighted by atomic mass is 35.5. The number of carbonyl (C=O) groups excluding carboxylic acids is 2. The van der Waals surface area contributed by atoms with Gasteiger partial charge in [0, 0.05) is 57.9 Å². The van der Waals surface area contributed by atoms with Gasteiger partial charge in [-0.3, -0.25) is 24.6 Å². The number of benzene rings is 2. The molecule has 0 bridgehead atoms. The van der Waals surface area contributed by atoms with Crippen LogP contribution in [-0.2, 0) is 23.2 Å². The molecule has 2 N–H and O–H groups in total. The van der Waals surface area contributed by atoms with Gasteiger partial charge in [-0.15, -0.1) is 0 Å². The zero-order chi connectivity index (χ0) is 34.1. The molecule has 49 heavy (non-hydrogen) atoms. The van der Waals surface area contributed by atoms with Crippen LogP contribution in [0.2, 0.25) is 5.02 Å². The molecule has 5 heterocycles. The number of halogens is 1. The highest BCUT2D eigenvalue weighted by Gasteiger charge is 2.38. The molecule has 4 aliphatic heterocycles. The second-order valence-corrected chi connectivity index (χ2v) is 15.3. The second kappa shape index (κ2) is 14.2. The first kappa shape index (κ1) is 33.8. The molecule has 10 nitrogen and oxygen atoms in total. The van der Waals surface area contributed by atoms with Crippen molar-refractivity contribution in [2.75, 3.05) is 56.5 Å². The Morgan fingerprint density at radius 1 is 0.898 bits per heavy atom. The number of aryl methyl sites for hydroxylation is 1. The summed E-state index contributed by atoms with van der Waals surface area (Å²) in [7, 11) is 3.75. The fourth-order valence-corrected chi connectivity index (χ4v) is 8.73. The highest BCUT2D eigenvalue weighted by Crippen LogP contribution is 2.42. The van der Waals surface area contributed by atoms with Crippen LogP contribution in [0.15, 0.2) is 59.5 Å². The van der Waals surface area contributed by atoms with Crippen molar-refractivity contribution in [3.05, 3.63) is 86.8 Å². The molecule has 3 atom stereocenters. The summed E-state index contributed by atoms with van der Waals surface area (Å²) in [4.78, 5) is 43.5. The van der Waals surface area contributed by atoms with Crippen LogP contribution in [0.4, 0.5) is 11.4 Å². The van der Waals surface area contributed by atoms with E-state index in [4.69, 9.17) is 11.6 Å². The molecule has 0 saturated carbocycles. The molecule has 0 aliphatic carbocycles. The molecule has 1 spiro atoms. The zero-order valence-corrected chi connectivity index (χ0v) is 29.4. The maximum atomic E-state index is 12.3. The number of anilines is 2. The lowest BCUT2D eigenvalue weighted by Crippen LogP contribution is -2.46. The van der Waals surface area contributed by atoms with Crippen LogP contribution in [0.3, 0.4) is 0 Å². The van der Waals surface area contributed by atoms with Crippen molar-refractivity contribution >= 4 is 34.8 Å². The Kier molecular flexibility index (Phi) is 9.81. The summed E-state index contributed by atoms with van der Waals surface area (Å²) in [5, 5.41) is 10.3. The van der Waals surface area contributed by atoms with Gasteiger partial charge in [-0.1, -0.05) is 48.0 Å². The Morgan fingerprint density at radius 3 is 2.27 bits per heavy atom. The number of aromatic nitrogens is 2. The topological polar surface area (TPSA) is 103 Å². The van der Waals surface area contributed by atoms with Crippen molar-refractivity contribution < 1.29 is 9.59 Å². The van der Waals surface area contributed by atoms with E-state index >= 15 is 0 Å². The molecule has 260 valence electrons. The summed E-state index contributed by atoms with van der Waals surface area (Å²) in [5.74, 6) is -0.177. The van der Waals surface area contributed by atoms with Crippen LogP contribution in [0.25, 0.3) is 0 Å². The Hall–Kier alpha value is -3.73. The van der Waals surface area contributed by atoms with Gasteiger partial charge in [0.15, 0.2) is 0 Å². The normalized spacial score (nSPS) is 25.0. The van der Waals surface area contributed by atoms with Crippen molar-refractivity contribution in [1.29, 1.82) is 0 Å². The summed E-state index contributed by atoms with van der Waals surface area (Å²) < 4.78 is 1.26. The Balaban J connectivity index is 0.879. The van der Waals surface area contributed by atoms with Crippen LogP contribution in [0.5, 0.6) is 0 Å². The van der Waals surface area contributed by atoms with Crippen LogP contribution >= 0.6 is 11.6 Å². The molecule has 7 rings (SSSR count). The van der Waals surface area contributed by atoms with Gasteiger partial charge >= 0.3 is 0 Å². The number of rotatable bonds is 7. The van der Waals surface area contributed by atoms with E-state index in [-0.39, 0.29) is 34.4 Å². The standard InChI is InChI=1S/C38H48ClN7O3/c1-43-24-29(21-30(25-43)41-33-22-40-44(2)37(49)35(33)39)27-5-3-26(4-6-27)23-45-17-13-38(14-18-45)15-19-46(20-16-38)31-9-7-28(8-10-31)32-11-12-34(47)42-36(32)48/h3-10,22,29-30,32,41H,11-21,23-25H2,1-2H3,(H,42,47,48)/t29-,30+,32?/m1/s1. The predicted molar refractivity (Wildman–Crippen MR) is 193 cm³/mol. The van der Waals surface area contributed by atoms with Crippen LogP contribution in [0, 0.1) is 5.41 Å². The Labute approximate surface area is 293 Å². The number of hydrogen-bond acceptors (Lipinski definition) is 8. The Morgan fingerprint density at radius 2 is 1.57 bits per heavy atom. The van der Waals surface area contributed by atoms with Gasteiger partial charge in [0.25, 0.3) is 5.56 Å². The number of nitrogens with zero attached hydrogens (tertiary/aromatic N) is 5. The number of piperidine rings is 4. The first-order valence-electron chi connectivity index (χ1n) is 17.8. The van der Waals surface area contributed by atoms with Crippen molar-refractivity contribution in [3.8, 4) is 0 Å². The fourth-order valence-electron chi connectivity index (χ4n) is 8.50. The van der Waals surface area contributed by atoms with E-state index in [1.807, 2.05) is 0 Å². The average Bonchev–Trinajstić information content (AvgIpc) is 3.10. The summed E-state index contributed by atoms with van der Waals surface area (Å²) in [6, 6.07) is 17.8. The smallest absolute Gasteiger partial charge is 0.287 e. The van der Waals surface area contributed by atoms with E-state index in [1.54, 1.807) is 13.2 Å². The van der Waals surface area contributed by atoms with Gasteiger partial charge < -0.3 is 15.1 Å². The number of carbonyl (C=O) groups is 2. The minimum Gasteiger partial charge on any atom is -0.378 e. The lowest BCUT2D eigenvalue weighted by atomic mass is 9.71. The summed E-state index contributed by atoms with van der Waals surface area (Å²) >= 11 is 6.34. The van der Waals surface area contributed by atoms with E-state index in [1.165, 1.54) is 47.2 Å². The van der Waals surface area contributed by atoms with Gasteiger partial charge in [-0.2, -0.15) is 5.10 Å². The maximum absolute atomic E-state index is 12.3. The zero-order valence-electron chi connectivity index (χ0n) is 28.7. The molecule has 0 radical (unpaired) electrons. The lowest BCUT2D eigenvalue weighted by Gasteiger charge is -2.47. The van der Waals surface area contributed by atoms with E-state index in [0.29, 0.717) is 29.9 Å². The molecule has 2 amide bonds. The number of likely N-dealkylation sites (N-methyl/N-ethyl adjacent to an activating group) is 1. The van der Waals surface area contributed by atoms with Crippen molar-refractivity contribution in [2.45, 2.75) is 69.4 Å². The van der Waals surface area contributed by atoms with E-state index in [9.17, 15) is 14.4 Å². The first-order chi connectivity index (χ1) is 23.6. The third-order valence-corrected chi connectivity index (χ3v) is 11.9.